The predicted molar refractivity (Wildman–Crippen MR) is 92.1 cm³/mol. The van der Waals surface area contributed by atoms with Crippen molar-refractivity contribution < 1.29 is 19.4 Å². The number of hydrogen-bond donors (Lipinski definition) is 1. The average Bonchev–Trinajstić information content (AvgIpc) is 3.37. The highest BCUT2D eigenvalue weighted by molar-refractivity contribution is 5.96. The summed E-state index contributed by atoms with van der Waals surface area (Å²) in [4.78, 5) is 12.0. The monoisotopic (exact) mass is 355 g/mol. The number of aliphatic hydroxyl groups is 1. The van der Waals surface area contributed by atoms with E-state index >= 15 is 0 Å². The normalized spacial score (nSPS) is 34.0. The lowest BCUT2D eigenvalue weighted by Crippen LogP contribution is -2.59. The predicted octanol–water partition coefficient (Wildman–Crippen LogP) is 1.96. The second-order valence-electron chi connectivity index (χ2n) is 7.87. The Bertz CT molecular complexity index is 868. The summed E-state index contributed by atoms with van der Waals surface area (Å²) in [5.41, 5.74) is -1.23. The van der Waals surface area contributed by atoms with E-state index < -0.39 is 17.3 Å². The van der Waals surface area contributed by atoms with Gasteiger partial charge in [0.1, 0.15) is 17.0 Å². The Morgan fingerprint density at radius 1 is 1.38 bits per heavy atom. The van der Waals surface area contributed by atoms with Crippen molar-refractivity contribution in [1.29, 1.82) is 5.26 Å². The van der Waals surface area contributed by atoms with Crippen LogP contribution in [0, 0.1) is 23.2 Å². The molecule has 0 aromatic heterocycles. The lowest BCUT2D eigenvalue weighted by molar-refractivity contribution is -0.179. The zero-order valence-electron chi connectivity index (χ0n) is 15.2. The van der Waals surface area contributed by atoms with E-state index in [1.165, 1.54) is 5.01 Å². The molecule has 0 spiro atoms. The number of rotatable bonds is 1. The molecule has 1 amide bonds. The summed E-state index contributed by atoms with van der Waals surface area (Å²) >= 11 is 0. The van der Waals surface area contributed by atoms with Crippen molar-refractivity contribution in [2.75, 3.05) is 7.05 Å². The van der Waals surface area contributed by atoms with E-state index in [0.717, 1.165) is 0 Å². The van der Waals surface area contributed by atoms with E-state index in [1.54, 1.807) is 46.0 Å². The number of nitriles is 1. The molecule has 1 aromatic rings. The molecule has 7 nitrogen and oxygen atoms in total. The molecule has 0 radical (unpaired) electrons. The van der Waals surface area contributed by atoms with Crippen molar-refractivity contribution in [3.8, 4) is 11.8 Å². The topological polar surface area (TPSA) is 95.2 Å². The van der Waals surface area contributed by atoms with Crippen LogP contribution in [0.4, 0.5) is 0 Å². The van der Waals surface area contributed by atoms with Gasteiger partial charge in [-0.25, -0.2) is 5.01 Å². The van der Waals surface area contributed by atoms with Gasteiger partial charge >= 0.3 is 0 Å². The average molecular weight is 355 g/mol. The molecule has 26 heavy (non-hydrogen) atoms. The minimum atomic E-state index is -1.37. The number of carbonyl (C=O) groups excluding carboxylic acids is 1. The number of carbonyl (C=O) groups is 1. The maximum Gasteiger partial charge on any atom is 0.246 e. The van der Waals surface area contributed by atoms with Crippen molar-refractivity contribution in [2.45, 2.75) is 44.5 Å². The molecule has 0 unspecified atom stereocenters. The summed E-state index contributed by atoms with van der Waals surface area (Å²) in [6.07, 6.45) is -0.0573. The van der Waals surface area contributed by atoms with Crippen LogP contribution in [0.3, 0.4) is 0 Å². The first-order chi connectivity index (χ1) is 12.2. The van der Waals surface area contributed by atoms with Crippen LogP contribution in [0.1, 0.15) is 44.4 Å². The Balaban J connectivity index is 1.77. The van der Waals surface area contributed by atoms with Gasteiger partial charge in [-0.1, -0.05) is 0 Å². The van der Waals surface area contributed by atoms with Crippen molar-refractivity contribution in [3.05, 3.63) is 29.3 Å². The quantitative estimate of drug-likeness (QED) is 0.831. The molecule has 2 aliphatic heterocycles. The van der Waals surface area contributed by atoms with Crippen molar-refractivity contribution >= 4 is 11.8 Å². The summed E-state index contributed by atoms with van der Waals surface area (Å²) in [5.74, 6) is 0.888. The van der Waals surface area contributed by atoms with E-state index in [0.29, 0.717) is 29.2 Å². The van der Waals surface area contributed by atoms with Crippen LogP contribution in [0.2, 0.25) is 0 Å². The van der Waals surface area contributed by atoms with E-state index in [-0.39, 0.29) is 17.7 Å². The van der Waals surface area contributed by atoms with E-state index in [1.807, 2.05) is 0 Å². The molecule has 0 bridgehead atoms. The Morgan fingerprint density at radius 3 is 2.81 bits per heavy atom. The molecular weight excluding hydrogens is 334 g/mol. The summed E-state index contributed by atoms with van der Waals surface area (Å²) in [6, 6.07) is 7.17. The van der Waals surface area contributed by atoms with E-state index in [2.05, 4.69) is 11.2 Å². The van der Waals surface area contributed by atoms with Crippen LogP contribution in [0.15, 0.2) is 23.3 Å². The highest BCUT2D eigenvalue weighted by atomic mass is 16.6. The Hall–Kier alpha value is -2.59. The van der Waals surface area contributed by atoms with Gasteiger partial charge in [-0.3, -0.25) is 4.79 Å². The molecule has 1 N–H and O–H groups in total. The van der Waals surface area contributed by atoms with Gasteiger partial charge in [0.2, 0.25) is 11.8 Å². The molecule has 1 fully saturated rings. The third-order valence-corrected chi connectivity index (χ3v) is 5.75. The number of amides is 1. The summed E-state index contributed by atoms with van der Waals surface area (Å²) in [7, 11) is 1.61. The summed E-state index contributed by atoms with van der Waals surface area (Å²) in [6.45, 7) is 5.24. The fourth-order valence-corrected chi connectivity index (χ4v) is 3.57. The Labute approximate surface area is 151 Å². The summed E-state index contributed by atoms with van der Waals surface area (Å²) in [5, 5.41) is 26.1. The van der Waals surface area contributed by atoms with Crippen LogP contribution in [-0.4, -0.2) is 40.2 Å². The molecule has 4 rings (SSSR count). The molecule has 7 heteroatoms. The van der Waals surface area contributed by atoms with E-state index in [4.69, 9.17) is 9.47 Å². The number of fused-ring (bicyclic) bond motifs is 2. The highest BCUT2D eigenvalue weighted by Gasteiger charge is 2.57. The number of nitrogens with zero attached hydrogens (tertiary/aromatic N) is 3. The first kappa shape index (κ1) is 16.9. The zero-order valence-corrected chi connectivity index (χ0v) is 15.2. The highest BCUT2D eigenvalue weighted by Crippen LogP contribution is 2.51. The first-order valence-corrected chi connectivity index (χ1v) is 8.64. The third-order valence-electron chi connectivity index (χ3n) is 5.75. The second kappa shape index (κ2) is 5.21. The van der Waals surface area contributed by atoms with Crippen molar-refractivity contribution in [2.24, 2.45) is 16.9 Å². The number of hydrazone groups is 1. The molecule has 0 saturated heterocycles. The largest absolute Gasteiger partial charge is 0.484 e. The van der Waals surface area contributed by atoms with Gasteiger partial charge in [0, 0.05) is 18.5 Å². The minimum Gasteiger partial charge on any atom is -0.484 e. The zero-order chi connectivity index (χ0) is 18.9. The molecule has 136 valence electrons. The molecule has 1 aromatic carbocycles. The molecule has 4 atom stereocenters. The van der Waals surface area contributed by atoms with Gasteiger partial charge < -0.3 is 14.6 Å². The van der Waals surface area contributed by atoms with Gasteiger partial charge in [-0.2, -0.15) is 5.26 Å². The number of hydrogen-bond acceptors (Lipinski definition) is 6. The van der Waals surface area contributed by atoms with Gasteiger partial charge in [0.15, 0.2) is 6.10 Å². The lowest BCUT2D eigenvalue weighted by Gasteiger charge is -2.49. The SMILES string of the molecule is CN1N=C(O[C@@H]2c3cc(C#N)ccc3OC(C)(C)[C@@]2(C)O)[C@@H]2C[C@H]2C1=O. The maximum atomic E-state index is 12.0. The van der Waals surface area contributed by atoms with E-state index in [9.17, 15) is 15.2 Å². The van der Waals surface area contributed by atoms with Crippen LogP contribution in [0.5, 0.6) is 5.75 Å². The lowest BCUT2D eigenvalue weighted by atomic mass is 9.77. The fourth-order valence-electron chi connectivity index (χ4n) is 3.57. The molecule has 2 heterocycles. The van der Waals surface area contributed by atoms with Gasteiger partial charge in [0.25, 0.3) is 0 Å². The third kappa shape index (κ3) is 2.29. The first-order valence-electron chi connectivity index (χ1n) is 8.64. The fraction of sp³-hybridized carbons (Fsp3) is 0.526. The Morgan fingerprint density at radius 2 is 2.12 bits per heavy atom. The maximum absolute atomic E-state index is 12.0. The van der Waals surface area contributed by atoms with Gasteiger partial charge in [-0.15, -0.1) is 5.10 Å². The van der Waals surface area contributed by atoms with Gasteiger partial charge in [-0.05, 0) is 45.4 Å². The number of ether oxygens (including phenoxy) is 2. The van der Waals surface area contributed by atoms with Crippen LogP contribution < -0.4 is 4.74 Å². The van der Waals surface area contributed by atoms with Crippen LogP contribution in [-0.2, 0) is 9.53 Å². The standard InChI is InChI=1S/C19H21N3O4/c1-18(2)19(3,24)15(13-7-10(9-20)5-6-14(13)26-18)25-16-11-8-12(11)17(23)22(4)21-16/h5-7,11-12,15,24H,8H2,1-4H3/t11-,12-,15-,19+/m1/s1. The van der Waals surface area contributed by atoms with Crippen LogP contribution in [0.25, 0.3) is 0 Å². The minimum absolute atomic E-state index is 0.00594. The Kier molecular flexibility index (Phi) is 3.38. The molecule has 3 aliphatic rings. The van der Waals surface area contributed by atoms with Crippen molar-refractivity contribution in [1.82, 2.24) is 5.01 Å². The van der Waals surface area contributed by atoms with Gasteiger partial charge in [0.05, 0.1) is 17.6 Å². The summed E-state index contributed by atoms with van der Waals surface area (Å²) < 4.78 is 12.2. The number of benzene rings is 1. The van der Waals surface area contributed by atoms with Crippen molar-refractivity contribution in [3.63, 3.8) is 0 Å². The molecular formula is C19H21N3O4. The molecule has 1 aliphatic carbocycles. The second-order valence-corrected chi connectivity index (χ2v) is 7.87. The molecule has 1 saturated carbocycles. The van der Waals surface area contributed by atoms with Crippen LogP contribution >= 0.6 is 0 Å². The smallest absolute Gasteiger partial charge is 0.246 e.